The van der Waals surface area contributed by atoms with Crippen LogP contribution >= 0.6 is 0 Å². The van der Waals surface area contributed by atoms with Gasteiger partial charge < -0.3 is 15.4 Å². The zero-order valence-corrected chi connectivity index (χ0v) is 10.8. The molecule has 0 aromatic carbocycles. The van der Waals surface area contributed by atoms with Gasteiger partial charge in [0.2, 0.25) is 5.91 Å². The third-order valence-corrected chi connectivity index (χ3v) is 3.30. The molecule has 1 rings (SSSR count). The van der Waals surface area contributed by atoms with Crippen LogP contribution in [0.5, 0.6) is 0 Å². The van der Waals surface area contributed by atoms with Crippen LogP contribution in [0.25, 0.3) is 0 Å². The van der Waals surface area contributed by atoms with E-state index in [0.717, 1.165) is 12.8 Å². The molecule has 0 spiro atoms. The molecule has 0 saturated heterocycles. The monoisotopic (exact) mass is 242 g/mol. The first-order valence-electron chi connectivity index (χ1n) is 6.07. The van der Waals surface area contributed by atoms with E-state index in [9.17, 15) is 9.59 Å². The van der Waals surface area contributed by atoms with E-state index in [1.165, 1.54) is 26.9 Å². The van der Waals surface area contributed by atoms with Crippen molar-refractivity contribution in [3.63, 3.8) is 0 Å². The summed E-state index contributed by atoms with van der Waals surface area (Å²) in [6, 6.07) is -0.602. The van der Waals surface area contributed by atoms with Gasteiger partial charge in [0, 0.05) is 19.0 Å². The van der Waals surface area contributed by atoms with Gasteiger partial charge in [-0.3, -0.25) is 4.79 Å². The van der Waals surface area contributed by atoms with Crippen molar-refractivity contribution in [1.29, 1.82) is 0 Å². The Labute approximate surface area is 102 Å². The van der Waals surface area contributed by atoms with Gasteiger partial charge in [0.1, 0.15) is 6.04 Å². The molecule has 1 unspecified atom stereocenters. The number of carbonyl (C=O) groups is 2. The fourth-order valence-corrected chi connectivity index (χ4v) is 2.26. The number of hydrogen-bond acceptors (Lipinski definition) is 4. The molecule has 17 heavy (non-hydrogen) atoms. The Bertz CT molecular complexity index is 285. The Hall–Kier alpha value is -1.10. The van der Waals surface area contributed by atoms with Crippen LogP contribution in [-0.4, -0.2) is 37.1 Å². The third-order valence-electron chi connectivity index (χ3n) is 3.30. The number of rotatable bonds is 5. The number of nitrogens with one attached hydrogen (secondary N) is 2. The van der Waals surface area contributed by atoms with Crippen LogP contribution in [0, 0.1) is 0 Å². The Morgan fingerprint density at radius 2 is 1.94 bits per heavy atom. The fraction of sp³-hybridized carbons (Fsp3) is 0.833. The Balaban J connectivity index is 2.48. The molecule has 0 heterocycles. The van der Waals surface area contributed by atoms with Crippen molar-refractivity contribution < 1.29 is 14.3 Å². The quantitative estimate of drug-likeness (QED) is 0.692. The molecule has 1 saturated carbocycles. The van der Waals surface area contributed by atoms with E-state index < -0.39 is 12.0 Å². The fourth-order valence-electron chi connectivity index (χ4n) is 2.26. The van der Waals surface area contributed by atoms with Gasteiger partial charge in [-0.1, -0.05) is 12.8 Å². The Morgan fingerprint density at radius 1 is 1.35 bits per heavy atom. The van der Waals surface area contributed by atoms with E-state index in [1.54, 1.807) is 0 Å². The third kappa shape index (κ3) is 4.34. The lowest BCUT2D eigenvalue weighted by Crippen LogP contribution is -2.52. The summed E-state index contributed by atoms with van der Waals surface area (Å²) in [5, 5.41) is 5.96. The molecule has 1 atom stereocenters. The van der Waals surface area contributed by atoms with Crippen LogP contribution < -0.4 is 10.6 Å². The number of hydrogen-bond donors (Lipinski definition) is 2. The molecule has 1 amide bonds. The molecule has 98 valence electrons. The average Bonchev–Trinajstić information content (AvgIpc) is 2.70. The summed E-state index contributed by atoms with van der Waals surface area (Å²) in [5.74, 6) is -0.631. The highest BCUT2D eigenvalue weighted by atomic mass is 16.5. The molecule has 0 aromatic heterocycles. The minimum absolute atomic E-state index is 0.0880. The van der Waals surface area contributed by atoms with Crippen LogP contribution in [-0.2, 0) is 14.3 Å². The van der Waals surface area contributed by atoms with Gasteiger partial charge in [0.15, 0.2) is 0 Å². The molecule has 5 nitrogen and oxygen atoms in total. The summed E-state index contributed by atoms with van der Waals surface area (Å²) in [4.78, 5) is 22.5. The second kappa shape index (κ2) is 6.00. The molecule has 1 aliphatic rings. The molecule has 1 fully saturated rings. The summed E-state index contributed by atoms with van der Waals surface area (Å²) in [6.45, 7) is 3.97. The summed E-state index contributed by atoms with van der Waals surface area (Å²) < 4.78 is 4.67. The van der Waals surface area contributed by atoms with E-state index in [4.69, 9.17) is 0 Å². The minimum Gasteiger partial charge on any atom is -0.467 e. The molecule has 2 N–H and O–H groups in total. The molecule has 5 heteroatoms. The van der Waals surface area contributed by atoms with E-state index in [2.05, 4.69) is 22.3 Å². The van der Waals surface area contributed by atoms with Crippen molar-refractivity contribution in [2.24, 2.45) is 0 Å². The zero-order chi connectivity index (χ0) is 12.9. The van der Waals surface area contributed by atoms with Gasteiger partial charge in [0.25, 0.3) is 0 Å². The lowest BCUT2D eigenvalue weighted by atomic mass is 10.0. The highest BCUT2D eigenvalue weighted by Crippen LogP contribution is 2.28. The SMILES string of the molecule is COC(=O)C(CNC1(C)CCCC1)NC(C)=O. The molecule has 0 bridgehead atoms. The molecular formula is C12H22N2O3. The molecule has 0 aliphatic heterocycles. The first-order valence-corrected chi connectivity index (χ1v) is 6.07. The Kier molecular flexibility index (Phi) is 4.93. The van der Waals surface area contributed by atoms with Crippen molar-refractivity contribution in [2.45, 2.75) is 51.1 Å². The molecule has 1 aliphatic carbocycles. The maximum Gasteiger partial charge on any atom is 0.329 e. The minimum atomic E-state index is -0.602. The summed E-state index contributed by atoms with van der Waals surface area (Å²) in [6.07, 6.45) is 4.65. The molecular weight excluding hydrogens is 220 g/mol. The van der Waals surface area contributed by atoms with Crippen LogP contribution in [0.3, 0.4) is 0 Å². The lowest BCUT2D eigenvalue weighted by Gasteiger charge is -2.27. The predicted octanol–water partition coefficient (Wildman–Crippen LogP) is 0.586. The van der Waals surface area contributed by atoms with Crippen molar-refractivity contribution in [3.8, 4) is 0 Å². The van der Waals surface area contributed by atoms with Crippen molar-refractivity contribution in [2.75, 3.05) is 13.7 Å². The highest BCUT2D eigenvalue weighted by molar-refractivity contribution is 5.83. The van der Waals surface area contributed by atoms with Crippen LogP contribution in [0.4, 0.5) is 0 Å². The van der Waals surface area contributed by atoms with Gasteiger partial charge in [-0.25, -0.2) is 4.79 Å². The van der Waals surface area contributed by atoms with Crippen molar-refractivity contribution >= 4 is 11.9 Å². The smallest absolute Gasteiger partial charge is 0.329 e. The van der Waals surface area contributed by atoms with Gasteiger partial charge in [-0.15, -0.1) is 0 Å². The number of ether oxygens (including phenoxy) is 1. The van der Waals surface area contributed by atoms with E-state index >= 15 is 0 Å². The first-order chi connectivity index (χ1) is 7.97. The maximum atomic E-state index is 11.5. The van der Waals surface area contributed by atoms with Gasteiger partial charge >= 0.3 is 5.97 Å². The average molecular weight is 242 g/mol. The van der Waals surface area contributed by atoms with Crippen LogP contribution in [0.2, 0.25) is 0 Å². The summed E-state index contributed by atoms with van der Waals surface area (Å²) >= 11 is 0. The second-order valence-electron chi connectivity index (χ2n) is 4.92. The maximum absolute atomic E-state index is 11.5. The van der Waals surface area contributed by atoms with E-state index in [-0.39, 0.29) is 11.4 Å². The van der Waals surface area contributed by atoms with Crippen LogP contribution in [0.1, 0.15) is 39.5 Å². The standard InChI is InChI=1S/C12H22N2O3/c1-9(15)14-10(11(16)17-3)8-13-12(2)6-4-5-7-12/h10,13H,4-8H2,1-3H3,(H,14,15). The van der Waals surface area contributed by atoms with Gasteiger partial charge in [-0.05, 0) is 19.8 Å². The lowest BCUT2D eigenvalue weighted by molar-refractivity contribution is -0.144. The van der Waals surface area contributed by atoms with Crippen molar-refractivity contribution in [1.82, 2.24) is 10.6 Å². The Morgan fingerprint density at radius 3 is 2.41 bits per heavy atom. The molecule has 0 radical (unpaired) electrons. The highest BCUT2D eigenvalue weighted by Gasteiger charge is 2.30. The van der Waals surface area contributed by atoms with E-state index in [0.29, 0.717) is 6.54 Å². The normalized spacial score (nSPS) is 19.7. The van der Waals surface area contributed by atoms with Crippen molar-refractivity contribution in [3.05, 3.63) is 0 Å². The number of methoxy groups -OCH3 is 1. The predicted molar refractivity (Wildman–Crippen MR) is 64.5 cm³/mol. The number of amides is 1. The van der Waals surface area contributed by atoms with Crippen LogP contribution in [0.15, 0.2) is 0 Å². The zero-order valence-electron chi connectivity index (χ0n) is 10.8. The van der Waals surface area contributed by atoms with E-state index in [1.807, 2.05) is 0 Å². The second-order valence-corrected chi connectivity index (χ2v) is 4.92. The molecule has 0 aromatic rings. The number of carbonyl (C=O) groups excluding carboxylic acids is 2. The topological polar surface area (TPSA) is 67.4 Å². The first kappa shape index (κ1) is 14.0. The van der Waals surface area contributed by atoms with Gasteiger partial charge in [-0.2, -0.15) is 0 Å². The van der Waals surface area contributed by atoms with Gasteiger partial charge in [0.05, 0.1) is 7.11 Å². The largest absolute Gasteiger partial charge is 0.467 e. The number of esters is 1. The summed E-state index contributed by atoms with van der Waals surface area (Å²) in [7, 11) is 1.33. The summed E-state index contributed by atoms with van der Waals surface area (Å²) in [5.41, 5.74) is 0.0880.